The molecule has 86 valence electrons. The van der Waals surface area contributed by atoms with Gasteiger partial charge in [-0.05, 0) is 12.1 Å². The van der Waals surface area contributed by atoms with Gasteiger partial charge in [-0.25, -0.2) is 4.90 Å². The highest BCUT2D eigenvalue weighted by atomic mass is 79.9. The second kappa shape index (κ2) is 4.10. The topological polar surface area (TPSA) is 80.5 Å². The van der Waals surface area contributed by atoms with Crippen LogP contribution in [0.3, 0.4) is 0 Å². The van der Waals surface area contributed by atoms with Gasteiger partial charge >= 0.3 is 0 Å². The Kier molecular flexibility index (Phi) is 2.76. The van der Waals surface area contributed by atoms with Crippen LogP contribution in [0.15, 0.2) is 34.8 Å². The van der Waals surface area contributed by atoms with Crippen LogP contribution in [0.1, 0.15) is 0 Å². The van der Waals surface area contributed by atoms with Crippen molar-refractivity contribution in [1.29, 1.82) is 0 Å². The van der Waals surface area contributed by atoms with E-state index in [4.69, 9.17) is 0 Å². The highest BCUT2D eigenvalue weighted by molar-refractivity contribution is 9.10. The lowest BCUT2D eigenvalue weighted by atomic mass is 10.2. The highest BCUT2D eigenvalue weighted by Crippen LogP contribution is 2.32. The average molecular weight is 297 g/mol. The van der Waals surface area contributed by atoms with Crippen LogP contribution < -0.4 is 4.90 Å². The van der Waals surface area contributed by atoms with Crippen molar-refractivity contribution in [3.05, 3.63) is 44.9 Å². The zero-order valence-corrected chi connectivity index (χ0v) is 9.88. The van der Waals surface area contributed by atoms with Crippen molar-refractivity contribution in [1.82, 2.24) is 0 Å². The van der Waals surface area contributed by atoms with E-state index in [0.717, 1.165) is 17.1 Å². The summed E-state index contributed by atoms with van der Waals surface area (Å²) in [5, 5.41) is 10.9. The SMILES string of the molecule is O=C1C=CC(=O)N1c1ccc(Br)cc1[N+](=O)[O-]. The van der Waals surface area contributed by atoms with Crippen LogP contribution in [0.5, 0.6) is 0 Å². The zero-order chi connectivity index (χ0) is 12.6. The van der Waals surface area contributed by atoms with E-state index in [1.807, 2.05) is 0 Å². The van der Waals surface area contributed by atoms with Crippen LogP contribution >= 0.6 is 15.9 Å². The number of halogens is 1. The van der Waals surface area contributed by atoms with Gasteiger partial charge in [0.25, 0.3) is 17.5 Å². The Labute approximate surface area is 104 Å². The molecule has 2 amide bonds. The number of nitro groups is 1. The summed E-state index contributed by atoms with van der Waals surface area (Å²) in [6.07, 6.45) is 2.15. The number of anilines is 1. The normalized spacial score (nSPS) is 14.5. The predicted molar refractivity (Wildman–Crippen MR) is 62.4 cm³/mol. The fourth-order valence-electron chi connectivity index (χ4n) is 1.47. The first-order valence-electron chi connectivity index (χ1n) is 4.51. The molecule has 2 rings (SSSR count). The molecule has 0 fully saturated rings. The summed E-state index contributed by atoms with van der Waals surface area (Å²) < 4.78 is 0.500. The monoisotopic (exact) mass is 296 g/mol. The molecule has 0 aliphatic carbocycles. The minimum absolute atomic E-state index is 0.0294. The zero-order valence-electron chi connectivity index (χ0n) is 8.29. The van der Waals surface area contributed by atoms with Crippen LogP contribution in [-0.2, 0) is 9.59 Å². The third-order valence-electron chi connectivity index (χ3n) is 2.18. The van der Waals surface area contributed by atoms with Crippen molar-refractivity contribution in [2.45, 2.75) is 0 Å². The van der Waals surface area contributed by atoms with Crippen LogP contribution in [0.4, 0.5) is 11.4 Å². The van der Waals surface area contributed by atoms with E-state index in [-0.39, 0.29) is 11.4 Å². The molecule has 1 aliphatic heterocycles. The first kappa shape index (κ1) is 11.5. The van der Waals surface area contributed by atoms with E-state index < -0.39 is 16.7 Å². The smallest absolute Gasteiger partial charge is 0.269 e. The number of nitro benzene ring substituents is 1. The molecule has 17 heavy (non-hydrogen) atoms. The molecular formula is C10H5BrN2O4. The van der Waals surface area contributed by atoms with Gasteiger partial charge < -0.3 is 0 Å². The van der Waals surface area contributed by atoms with Gasteiger partial charge in [-0.3, -0.25) is 19.7 Å². The Bertz CT molecular complexity index is 549. The van der Waals surface area contributed by atoms with Crippen molar-refractivity contribution in [2.75, 3.05) is 4.90 Å². The number of benzene rings is 1. The fraction of sp³-hybridized carbons (Fsp3) is 0. The average Bonchev–Trinajstić information content (AvgIpc) is 2.59. The van der Waals surface area contributed by atoms with Crippen molar-refractivity contribution < 1.29 is 14.5 Å². The summed E-state index contributed by atoms with van der Waals surface area (Å²) in [5.74, 6) is -1.17. The first-order chi connectivity index (χ1) is 8.00. The number of carbonyl (C=O) groups is 2. The standard InChI is InChI=1S/C10H5BrN2O4/c11-6-1-2-7(8(5-6)13(16)17)12-9(14)3-4-10(12)15/h1-5H. The number of amides is 2. The Morgan fingerprint density at radius 1 is 1.18 bits per heavy atom. The quantitative estimate of drug-likeness (QED) is 0.473. The maximum absolute atomic E-state index is 11.4. The van der Waals surface area contributed by atoms with Crippen molar-refractivity contribution in [2.24, 2.45) is 0 Å². The van der Waals surface area contributed by atoms with Gasteiger partial charge in [-0.1, -0.05) is 15.9 Å². The second-order valence-electron chi connectivity index (χ2n) is 3.24. The van der Waals surface area contributed by atoms with Crippen LogP contribution in [0.25, 0.3) is 0 Å². The minimum atomic E-state index is -0.640. The lowest BCUT2D eigenvalue weighted by Crippen LogP contribution is -2.30. The Morgan fingerprint density at radius 3 is 2.29 bits per heavy atom. The molecule has 1 aromatic rings. The maximum atomic E-state index is 11.4. The Hall–Kier alpha value is -2.02. The van der Waals surface area contributed by atoms with Crippen LogP contribution in [0.2, 0.25) is 0 Å². The molecule has 0 aromatic heterocycles. The van der Waals surface area contributed by atoms with E-state index in [0.29, 0.717) is 4.47 Å². The third-order valence-corrected chi connectivity index (χ3v) is 2.68. The number of nitrogens with zero attached hydrogens (tertiary/aromatic N) is 2. The van der Waals surface area contributed by atoms with E-state index in [2.05, 4.69) is 15.9 Å². The molecule has 1 aromatic carbocycles. The first-order valence-corrected chi connectivity index (χ1v) is 5.30. The lowest BCUT2D eigenvalue weighted by Gasteiger charge is -2.13. The molecule has 0 saturated heterocycles. The van der Waals surface area contributed by atoms with Gasteiger partial charge in [0.1, 0.15) is 5.69 Å². The van der Waals surface area contributed by atoms with Gasteiger partial charge in [0, 0.05) is 22.7 Å². The molecule has 1 heterocycles. The van der Waals surface area contributed by atoms with E-state index in [1.165, 1.54) is 18.2 Å². The summed E-state index contributed by atoms with van der Waals surface area (Å²) >= 11 is 3.09. The maximum Gasteiger partial charge on any atom is 0.294 e. The number of hydrogen-bond donors (Lipinski definition) is 0. The number of imide groups is 1. The van der Waals surface area contributed by atoms with Gasteiger partial charge in [0.15, 0.2) is 0 Å². The molecule has 0 N–H and O–H groups in total. The van der Waals surface area contributed by atoms with E-state index >= 15 is 0 Å². The number of hydrogen-bond acceptors (Lipinski definition) is 4. The summed E-state index contributed by atoms with van der Waals surface area (Å²) in [5.41, 5.74) is -0.331. The molecule has 6 nitrogen and oxygen atoms in total. The van der Waals surface area contributed by atoms with Gasteiger partial charge in [-0.2, -0.15) is 0 Å². The van der Waals surface area contributed by atoms with E-state index in [1.54, 1.807) is 0 Å². The third kappa shape index (κ3) is 1.96. The highest BCUT2D eigenvalue weighted by Gasteiger charge is 2.31. The molecule has 7 heteroatoms. The molecule has 0 spiro atoms. The molecular weight excluding hydrogens is 292 g/mol. The molecule has 0 saturated carbocycles. The van der Waals surface area contributed by atoms with Crippen molar-refractivity contribution in [3.63, 3.8) is 0 Å². The molecule has 0 bridgehead atoms. The second-order valence-corrected chi connectivity index (χ2v) is 4.15. The number of rotatable bonds is 2. The Morgan fingerprint density at radius 2 is 1.76 bits per heavy atom. The predicted octanol–water partition coefficient (Wildman–Crippen LogP) is 1.79. The van der Waals surface area contributed by atoms with E-state index in [9.17, 15) is 19.7 Å². The summed E-state index contributed by atoms with van der Waals surface area (Å²) in [6, 6.07) is 4.13. The summed E-state index contributed by atoms with van der Waals surface area (Å²) in [6.45, 7) is 0. The number of carbonyl (C=O) groups excluding carboxylic acids is 2. The molecule has 1 aliphatic rings. The lowest BCUT2D eigenvalue weighted by molar-refractivity contribution is -0.384. The molecule has 0 atom stereocenters. The molecule has 0 radical (unpaired) electrons. The largest absolute Gasteiger partial charge is 0.294 e. The van der Waals surface area contributed by atoms with Crippen molar-refractivity contribution in [3.8, 4) is 0 Å². The van der Waals surface area contributed by atoms with Crippen LogP contribution in [0, 0.1) is 10.1 Å². The minimum Gasteiger partial charge on any atom is -0.269 e. The van der Waals surface area contributed by atoms with Crippen molar-refractivity contribution >= 4 is 39.1 Å². The van der Waals surface area contributed by atoms with Gasteiger partial charge in [0.2, 0.25) is 0 Å². The Balaban J connectivity index is 2.56. The summed E-state index contributed by atoms with van der Waals surface area (Å²) in [7, 11) is 0. The summed E-state index contributed by atoms with van der Waals surface area (Å²) in [4.78, 5) is 33.8. The van der Waals surface area contributed by atoms with Gasteiger partial charge in [0.05, 0.1) is 4.92 Å². The molecule has 0 unspecified atom stereocenters. The van der Waals surface area contributed by atoms with Crippen LogP contribution in [-0.4, -0.2) is 16.7 Å². The van der Waals surface area contributed by atoms with Gasteiger partial charge in [-0.15, -0.1) is 0 Å². The fourth-order valence-corrected chi connectivity index (χ4v) is 1.82.